The number of rotatable bonds is 11. The fraction of sp³-hybridized carbons (Fsp3) is 0.348. The van der Waals surface area contributed by atoms with Crippen molar-refractivity contribution in [1.29, 1.82) is 0 Å². The Morgan fingerprint density at radius 1 is 0.971 bits per heavy atom. The molecule has 1 aromatic rings. The summed E-state index contributed by atoms with van der Waals surface area (Å²) >= 11 is 0. The van der Waals surface area contributed by atoms with E-state index in [1.165, 1.54) is 11.8 Å². The predicted octanol–water partition coefficient (Wildman–Crippen LogP) is 5.89. The highest BCUT2D eigenvalue weighted by atomic mass is 32.2. The van der Waals surface area contributed by atoms with Crippen molar-refractivity contribution in [2.24, 2.45) is 0 Å². The molecule has 0 aromatic heterocycles. The lowest BCUT2D eigenvalue weighted by atomic mass is 10.1. The first-order chi connectivity index (χ1) is 15.8. The normalized spacial score (nSPS) is 14.0. The Labute approximate surface area is 196 Å². The van der Waals surface area contributed by atoms with Gasteiger partial charge in [-0.2, -0.15) is 4.31 Å². The smallest absolute Gasteiger partial charge is 0.242 e. The Kier molecular flexibility index (Phi) is 10.8. The van der Waals surface area contributed by atoms with Crippen molar-refractivity contribution in [2.75, 3.05) is 13.1 Å². The highest BCUT2D eigenvalue weighted by Crippen LogP contribution is 2.30. The van der Waals surface area contributed by atoms with E-state index in [0.29, 0.717) is 22.5 Å². The summed E-state index contributed by atoms with van der Waals surface area (Å²) in [5.74, 6) is -10.3. The fourth-order valence-corrected chi connectivity index (χ4v) is 4.22. The maximum Gasteiger partial charge on any atom is 0.242 e. The van der Waals surface area contributed by atoms with Gasteiger partial charge in [0, 0.05) is 18.8 Å². The van der Waals surface area contributed by atoms with E-state index in [2.05, 4.69) is 6.58 Å². The number of nitrogens with zero attached hydrogens (tertiary/aromatic N) is 2. The molecule has 0 fully saturated rings. The van der Waals surface area contributed by atoms with E-state index in [-0.39, 0.29) is 6.54 Å². The summed E-state index contributed by atoms with van der Waals surface area (Å²) < 4.78 is 94.0. The Morgan fingerprint density at radius 2 is 1.50 bits per heavy atom. The number of carbonyl (C=O) groups excluding carboxylic acids is 1. The van der Waals surface area contributed by atoms with Crippen LogP contribution in [0.3, 0.4) is 0 Å². The highest BCUT2D eigenvalue weighted by Gasteiger charge is 2.32. The van der Waals surface area contributed by atoms with Crippen LogP contribution in [0, 0.1) is 0 Å². The molecule has 0 aliphatic rings. The molecule has 0 spiro atoms. The minimum atomic E-state index is -4.90. The largest absolute Gasteiger partial charge is 0.316 e. The maximum atomic E-state index is 14.5. The van der Waals surface area contributed by atoms with Crippen molar-refractivity contribution in [1.82, 2.24) is 9.21 Å². The van der Waals surface area contributed by atoms with Crippen molar-refractivity contribution in [3.8, 4) is 0 Å². The minimum absolute atomic E-state index is 0.174. The molecule has 0 aliphatic carbocycles. The van der Waals surface area contributed by atoms with Crippen molar-refractivity contribution in [2.45, 2.75) is 40.7 Å². The molecule has 11 heteroatoms. The van der Waals surface area contributed by atoms with Crippen molar-refractivity contribution in [3.05, 3.63) is 82.2 Å². The number of hydrogen-bond acceptors (Lipinski definition) is 3. The van der Waals surface area contributed by atoms with Crippen LogP contribution in [0.15, 0.2) is 71.1 Å². The Hall–Kier alpha value is -2.79. The number of likely N-dealkylation sites (N-methyl/N-ethyl adjacent to an activating group) is 1. The van der Waals surface area contributed by atoms with Gasteiger partial charge in [-0.1, -0.05) is 37.8 Å². The van der Waals surface area contributed by atoms with Gasteiger partial charge in [0.2, 0.25) is 15.9 Å². The number of amides is 1. The number of sulfonamides is 1. The average molecular weight is 507 g/mol. The number of allylic oxidation sites excluding steroid dienone is 6. The highest BCUT2D eigenvalue weighted by molar-refractivity contribution is 7.93. The van der Waals surface area contributed by atoms with E-state index in [0.717, 1.165) is 12.0 Å². The van der Waals surface area contributed by atoms with Crippen molar-refractivity contribution < 1.29 is 35.2 Å². The molecule has 0 heterocycles. The summed E-state index contributed by atoms with van der Waals surface area (Å²) in [4.78, 5) is 12.6. The second-order valence-electron chi connectivity index (χ2n) is 7.27. The van der Waals surface area contributed by atoms with Crippen LogP contribution < -0.4 is 0 Å². The molecular formula is C23H27F5N2O3S. The van der Waals surface area contributed by atoms with E-state index in [4.69, 9.17) is 0 Å². The van der Waals surface area contributed by atoms with Crippen LogP contribution >= 0.6 is 0 Å². The van der Waals surface area contributed by atoms with Crippen LogP contribution in [-0.2, 0) is 27.8 Å². The molecule has 0 aliphatic heterocycles. The quantitative estimate of drug-likeness (QED) is 0.278. The standard InChI is InChI=1S/C23H27F5N2O3S/c1-6-17-8-10-18(11-9-17)13-29(14-20(31)30(7-2)15(3)4)34(32,33)16(5)21(26)23(28)22(27)19(25)12-24/h8-12H,3,6-7,13-14H2,1-2,4-5H3/b19-12-,21-16-,23-22-. The van der Waals surface area contributed by atoms with Gasteiger partial charge in [-0.3, -0.25) is 4.79 Å². The Morgan fingerprint density at radius 3 is 1.94 bits per heavy atom. The molecule has 0 atom stereocenters. The third-order valence-electron chi connectivity index (χ3n) is 4.91. The first-order valence-corrected chi connectivity index (χ1v) is 11.7. The zero-order valence-electron chi connectivity index (χ0n) is 19.3. The van der Waals surface area contributed by atoms with E-state index in [9.17, 15) is 35.2 Å². The lowest BCUT2D eigenvalue weighted by Gasteiger charge is -2.27. The summed E-state index contributed by atoms with van der Waals surface area (Å²) in [6.07, 6.45) is -0.215. The number of carbonyl (C=O) groups is 1. The zero-order valence-corrected chi connectivity index (χ0v) is 20.2. The maximum absolute atomic E-state index is 14.5. The van der Waals surface area contributed by atoms with E-state index in [1.54, 1.807) is 31.2 Å². The second kappa shape index (κ2) is 12.6. The van der Waals surface area contributed by atoms with Crippen LogP contribution in [0.25, 0.3) is 0 Å². The van der Waals surface area contributed by atoms with Crippen LogP contribution in [0.2, 0.25) is 0 Å². The number of halogens is 5. The summed E-state index contributed by atoms with van der Waals surface area (Å²) in [5.41, 5.74) is 1.73. The average Bonchev–Trinajstić information content (AvgIpc) is 2.81. The Bertz CT molecular complexity index is 1110. The lowest BCUT2D eigenvalue weighted by molar-refractivity contribution is -0.129. The SMILES string of the molecule is C=C(C)N(CC)C(=O)CN(Cc1ccc(CC)cc1)S(=O)(=O)/C(C)=C(F)/C(F)=C(F)\C(F)=C\F. The molecule has 0 saturated carbocycles. The summed E-state index contributed by atoms with van der Waals surface area (Å²) in [5, 5.41) is 0. The molecule has 0 unspecified atom stereocenters. The molecule has 0 radical (unpaired) electrons. The molecule has 34 heavy (non-hydrogen) atoms. The summed E-state index contributed by atoms with van der Waals surface area (Å²) in [6, 6.07) is 6.70. The zero-order chi connectivity index (χ0) is 26.2. The molecule has 0 saturated heterocycles. The molecule has 188 valence electrons. The third kappa shape index (κ3) is 7.10. The van der Waals surface area contributed by atoms with Gasteiger partial charge >= 0.3 is 0 Å². The van der Waals surface area contributed by atoms with Gasteiger partial charge in [0.05, 0.1) is 11.4 Å². The van der Waals surface area contributed by atoms with E-state index < -0.39 is 63.6 Å². The van der Waals surface area contributed by atoms with Crippen LogP contribution in [0.1, 0.15) is 38.8 Å². The van der Waals surface area contributed by atoms with Crippen molar-refractivity contribution in [3.63, 3.8) is 0 Å². The van der Waals surface area contributed by atoms with Gasteiger partial charge < -0.3 is 4.90 Å². The van der Waals surface area contributed by atoms with E-state index in [1.807, 2.05) is 6.92 Å². The molecule has 0 N–H and O–H groups in total. The van der Waals surface area contributed by atoms with Crippen LogP contribution in [-0.4, -0.2) is 36.6 Å². The summed E-state index contributed by atoms with van der Waals surface area (Å²) in [7, 11) is -4.90. The molecule has 1 aromatic carbocycles. The number of benzene rings is 1. The molecular weight excluding hydrogens is 479 g/mol. The molecule has 0 bridgehead atoms. The second-order valence-corrected chi connectivity index (χ2v) is 9.35. The molecule has 1 amide bonds. The van der Waals surface area contributed by atoms with Crippen molar-refractivity contribution >= 4 is 15.9 Å². The fourth-order valence-electron chi connectivity index (χ4n) is 2.92. The minimum Gasteiger partial charge on any atom is -0.316 e. The van der Waals surface area contributed by atoms with Gasteiger partial charge in [0.25, 0.3) is 0 Å². The summed E-state index contributed by atoms with van der Waals surface area (Å²) in [6.45, 7) is 8.37. The number of hydrogen-bond donors (Lipinski definition) is 0. The predicted molar refractivity (Wildman–Crippen MR) is 121 cm³/mol. The van der Waals surface area contributed by atoms with Gasteiger partial charge in [-0.05, 0) is 38.3 Å². The van der Waals surface area contributed by atoms with E-state index >= 15 is 0 Å². The van der Waals surface area contributed by atoms with Gasteiger partial charge in [0.15, 0.2) is 23.3 Å². The topological polar surface area (TPSA) is 57.7 Å². The third-order valence-corrected chi connectivity index (χ3v) is 6.80. The van der Waals surface area contributed by atoms with Gasteiger partial charge in [-0.15, -0.1) is 0 Å². The van der Waals surface area contributed by atoms with Gasteiger partial charge in [0.1, 0.15) is 6.33 Å². The monoisotopic (exact) mass is 506 g/mol. The molecule has 5 nitrogen and oxygen atoms in total. The first-order valence-electron chi connectivity index (χ1n) is 10.2. The first kappa shape index (κ1) is 29.2. The van der Waals surface area contributed by atoms with Gasteiger partial charge in [-0.25, -0.2) is 30.4 Å². The van der Waals surface area contributed by atoms with Crippen LogP contribution in [0.4, 0.5) is 22.0 Å². The van der Waals surface area contributed by atoms with Crippen LogP contribution in [0.5, 0.6) is 0 Å². The number of aryl methyl sites for hydroxylation is 1. The lowest BCUT2D eigenvalue weighted by Crippen LogP contribution is -2.42. The molecule has 1 rings (SSSR count). The Balaban J connectivity index is 3.55.